The molecule has 0 radical (unpaired) electrons. The van der Waals surface area contributed by atoms with Gasteiger partial charge >= 0.3 is 0 Å². The molecule has 2 aliphatic rings. The average molecular weight is 329 g/mol. The van der Waals surface area contributed by atoms with E-state index in [4.69, 9.17) is 4.74 Å². The number of nitrogens with zero attached hydrogens (tertiary/aromatic N) is 1. The number of thiophene rings is 1. The van der Waals surface area contributed by atoms with Crippen molar-refractivity contribution in [1.82, 2.24) is 15.6 Å². The number of nitrogens with one attached hydrogen (secondary N) is 2. The fourth-order valence-corrected chi connectivity index (χ4v) is 4.38. The molecule has 4 rings (SSSR count). The van der Waals surface area contributed by atoms with E-state index in [0.717, 1.165) is 21.7 Å². The summed E-state index contributed by atoms with van der Waals surface area (Å²) in [6.07, 6.45) is 5.23. The highest BCUT2D eigenvalue weighted by Crippen LogP contribution is 2.30. The quantitative estimate of drug-likeness (QED) is 0.904. The van der Waals surface area contributed by atoms with Gasteiger partial charge in [-0.25, -0.2) is 4.98 Å². The number of pyridine rings is 1. The summed E-state index contributed by atoms with van der Waals surface area (Å²) in [6.45, 7) is 0. The number of carbonyl (C=O) groups is 1. The number of hydrogen-bond acceptors (Lipinski definition) is 5. The van der Waals surface area contributed by atoms with Crippen molar-refractivity contribution >= 4 is 17.2 Å². The lowest BCUT2D eigenvalue weighted by Crippen LogP contribution is -2.42. The molecule has 0 aliphatic carbocycles. The molecule has 2 aromatic rings. The van der Waals surface area contributed by atoms with E-state index in [9.17, 15) is 4.79 Å². The Balaban J connectivity index is 1.45. The number of rotatable bonds is 4. The van der Waals surface area contributed by atoms with E-state index < -0.39 is 0 Å². The Morgan fingerprint density at radius 3 is 2.91 bits per heavy atom. The van der Waals surface area contributed by atoms with Gasteiger partial charge in [0, 0.05) is 40.8 Å². The van der Waals surface area contributed by atoms with E-state index in [0.29, 0.717) is 18.0 Å². The Hall–Kier alpha value is -1.92. The van der Waals surface area contributed by atoms with Gasteiger partial charge in [-0.05, 0) is 37.5 Å². The molecule has 23 heavy (non-hydrogen) atoms. The molecule has 6 heteroatoms. The van der Waals surface area contributed by atoms with Crippen molar-refractivity contribution in [3.63, 3.8) is 0 Å². The molecular weight excluding hydrogens is 310 g/mol. The molecule has 4 heterocycles. The molecular formula is C17H19N3O2S. The first-order valence-corrected chi connectivity index (χ1v) is 8.72. The van der Waals surface area contributed by atoms with E-state index in [1.54, 1.807) is 13.3 Å². The second-order valence-electron chi connectivity index (χ2n) is 6.12. The van der Waals surface area contributed by atoms with Crippen LogP contribution < -0.4 is 15.4 Å². The second kappa shape index (κ2) is 5.94. The number of aromatic nitrogens is 1. The van der Waals surface area contributed by atoms with Crippen LogP contribution in [0.5, 0.6) is 5.88 Å². The highest BCUT2D eigenvalue weighted by molar-refractivity contribution is 7.17. The Morgan fingerprint density at radius 1 is 1.35 bits per heavy atom. The van der Waals surface area contributed by atoms with Crippen LogP contribution in [0.4, 0.5) is 0 Å². The summed E-state index contributed by atoms with van der Waals surface area (Å²) in [6, 6.07) is 8.97. The second-order valence-corrected chi connectivity index (χ2v) is 7.20. The summed E-state index contributed by atoms with van der Waals surface area (Å²) in [4.78, 5) is 18.5. The summed E-state index contributed by atoms with van der Waals surface area (Å²) in [7, 11) is 1.60. The first-order valence-electron chi connectivity index (χ1n) is 7.90. The normalized spacial score (nSPS) is 25.5. The predicted octanol–water partition coefficient (Wildman–Crippen LogP) is 2.44. The molecule has 0 unspecified atom stereocenters. The summed E-state index contributed by atoms with van der Waals surface area (Å²) in [5, 5.41) is 6.73. The van der Waals surface area contributed by atoms with Gasteiger partial charge in [-0.15, -0.1) is 11.3 Å². The van der Waals surface area contributed by atoms with Crippen molar-refractivity contribution in [1.29, 1.82) is 0 Å². The minimum Gasteiger partial charge on any atom is -0.481 e. The third-order valence-electron chi connectivity index (χ3n) is 4.68. The monoisotopic (exact) mass is 329 g/mol. The highest BCUT2D eigenvalue weighted by atomic mass is 32.1. The Labute approximate surface area is 139 Å². The standard InChI is InChI=1S/C17H19N3O2S/c1-22-16-7-2-10(9-18-16)14-5-6-15(23-14)17(21)20-13-8-11-3-4-12(13)19-11/h2,5-7,9,11-13,19H,3-4,8H2,1H3,(H,20,21)/t11-,12+,13-/m1/s1. The first-order chi connectivity index (χ1) is 11.2. The third kappa shape index (κ3) is 2.84. The van der Waals surface area contributed by atoms with Crippen LogP contribution in [0, 0.1) is 0 Å². The lowest BCUT2D eigenvalue weighted by molar-refractivity contribution is 0.0935. The Morgan fingerprint density at radius 2 is 2.26 bits per heavy atom. The van der Waals surface area contributed by atoms with E-state index in [-0.39, 0.29) is 11.9 Å². The zero-order valence-corrected chi connectivity index (χ0v) is 13.7. The molecule has 3 atom stereocenters. The maximum Gasteiger partial charge on any atom is 0.261 e. The largest absolute Gasteiger partial charge is 0.481 e. The third-order valence-corrected chi connectivity index (χ3v) is 5.81. The lowest BCUT2D eigenvalue weighted by atomic mass is 9.95. The molecule has 2 bridgehead atoms. The van der Waals surface area contributed by atoms with Crippen molar-refractivity contribution in [2.24, 2.45) is 0 Å². The van der Waals surface area contributed by atoms with Crippen LogP contribution in [0.25, 0.3) is 10.4 Å². The minimum atomic E-state index is 0.0297. The number of fused-ring (bicyclic) bond motifs is 2. The SMILES string of the molecule is COc1ccc(-c2ccc(C(=O)N[C@@H]3C[C@H]4CC[C@@H]3N4)s2)cn1. The van der Waals surface area contributed by atoms with Crippen molar-refractivity contribution in [3.05, 3.63) is 35.3 Å². The highest BCUT2D eigenvalue weighted by Gasteiger charge is 2.39. The van der Waals surface area contributed by atoms with Crippen molar-refractivity contribution in [2.45, 2.75) is 37.4 Å². The van der Waals surface area contributed by atoms with Crippen LogP contribution in [0.3, 0.4) is 0 Å². The molecule has 1 amide bonds. The van der Waals surface area contributed by atoms with Gasteiger partial charge in [0.05, 0.1) is 12.0 Å². The molecule has 120 valence electrons. The molecule has 5 nitrogen and oxygen atoms in total. The number of methoxy groups -OCH3 is 1. The first kappa shape index (κ1) is 14.7. The molecule has 2 saturated heterocycles. The number of carbonyl (C=O) groups excluding carboxylic acids is 1. The van der Waals surface area contributed by atoms with Gasteiger partial charge in [0.25, 0.3) is 5.91 Å². The summed E-state index contributed by atoms with van der Waals surface area (Å²) < 4.78 is 5.07. The molecule has 2 fully saturated rings. The van der Waals surface area contributed by atoms with Gasteiger partial charge < -0.3 is 15.4 Å². The van der Waals surface area contributed by atoms with Crippen LogP contribution >= 0.6 is 11.3 Å². The smallest absolute Gasteiger partial charge is 0.261 e. The maximum absolute atomic E-state index is 12.5. The zero-order valence-electron chi connectivity index (χ0n) is 12.9. The minimum absolute atomic E-state index is 0.0297. The maximum atomic E-state index is 12.5. The van der Waals surface area contributed by atoms with E-state index >= 15 is 0 Å². The Kier molecular flexibility index (Phi) is 3.79. The molecule has 0 saturated carbocycles. The van der Waals surface area contributed by atoms with Crippen LogP contribution in [-0.4, -0.2) is 36.1 Å². The predicted molar refractivity (Wildman–Crippen MR) is 89.9 cm³/mol. The van der Waals surface area contributed by atoms with Gasteiger partial charge in [-0.3, -0.25) is 4.79 Å². The molecule has 0 aromatic carbocycles. The Bertz CT molecular complexity index is 713. The molecule has 2 aromatic heterocycles. The van der Waals surface area contributed by atoms with Crippen LogP contribution in [0.15, 0.2) is 30.5 Å². The molecule has 2 N–H and O–H groups in total. The topological polar surface area (TPSA) is 63.2 Å². The van der Waals surface area contributed by atoms with E-state index in [1.807, 2.05) is 24.3 Å². The number of ether oxygens (including phenoxy) is 1. The van der Waals surface area contributed by atoms with Gasteiger partial charge in [0.2, 0.25) is 5.88 Å². The van der Waals surface area contributed by atoms with Gasteiger partial charge in [-0.2, -0.15) is 0 Å². The van der Waals surface area contributed by atoms with E-state index in [2.05, 4.69) is 15.6 Å². The number of hydrogen-bond donors (Lipinski definition) is 2. The fraction of sp³-hybridized carbons (Fsp3) is 0.412. The summed E-state index contributed by atoms with van der Waals surface area (Å²) in [5.74, 6) is 0.620. The van der Waals surface area contributed by atoms with E-state index in [1.165, 1.54) is 24.2 Å². The van der Waals surface area contributed by atoms with Gasteiger partial charge in [-0.1, -0.05) is 0 Å². The van der Waals surface area contributed by atoms with Crippen molar-refractivity contribution in [2.75, 3.05) is 7.11 Å². The summed E-state index contributed by atoms with van der Waals surface area (Å²) in [5.41, 5.74) is 0.997. The van der Waals surface area contributed by atoms with Crippen molar-refractivity contribution < 1.29 is 9.53 Å². The number of amides is 1. The van der Waals surface area contributed by atoms with Gasteiger partial charge in [0.15, 0.2) is 0 Å². The van der Waals surface area contributed by atoms with Crippen LogP contribution in [0.1, 0.15) is 28.9 Å². The van der Waals surface area contributed by atoms with Crippen molar-refractivity contribution in [3.8, 4) is 16.3 Å². The fourth-order valence-electron chi connectivity index (χ4n) is 3.49. The average Bonchev–Trinajstić information content (AvgIpc) is 3.31. The zero-order chi connectivity index (χ0) is 15.8. The lowest BCUT2D eigenvalue weighted by Gasteiger charge is -2.20. The van der Waals surface area contributed by atoms with Crippen LogP contribution in [-0.2, 0) is 0 Å². The molecule has 2 aliphatic heterocycles. The molecule has 0 spiro atoms. The van der Waals surface area contributed by atoms with Crippen LogP contribution in [0.2, 0.25) is 0 Å². The summed E-state index contributed by atoms with van der Waals surface area (Å²) >= 11 is 1.50. The van der Waals surface area contributed by atoms with Gasteiger partial charge in [0.1, 0.15) is 0 Å².